The number of para-hydroxylation sites is 1. The van der Waals surface area contributed by atoms with Crippen molar-refractivity contribution in [3.05, 3.63) is 71.2 Å². The topological polar surface area (TPSA) is 45.7 Å². The van der Waals surface area contributed by atoms with Gasteiger partial charge in [-0.2, -0.15) is 8.78 Å². The first-order valence-corrected chi connectivity index (χ1v) is 10.5. The van der Waals surface area contributed by atoms with Gasteiger partial charge in [0.1, 0.15) is 10.8 Å². The average molecular weight is 429 g/mol. The summed E-state index contributed by atoms with van der Waals surface area (Å²) in [7, 11) is 0. The Morgan fingerprint density at radius 1 is 1.03 bits per heavy atom. The third-order valence-corrected chi connectivity index (χ3v) is 5.89. The van der Waals surface area contributed by atoms with Crippen molar-refractivity contribution in [3.8, 4) is 16.3 Å². The second kappa shape index (κ2) is 9.32. The molecule has 4 rings (SSSR count). The van der Waals surface area contributed by atoms with E-state index in [9.17, 15) is 13.6 Å². The number of halogens is 2. The van der Waals surface area contributed by atoms with Crippen LogP contribution in [0.5, 0.6) is 5.75 Å². The van der Waals surface area contributed by atoms with Crippen LogP contribution in [-0.4, -0.2) is 53.5 Å². The van der Waals surface area contributed by atoms with Crippen molar-refractivity contribution in [1.29, 1.82) is 0 Å². The van der Waals surface area contributed by atoms with Gasteiger partial charge in [0.25, 0.3) is 5.91 Å². The van der Waals surface area contributed by atoms with Crippen molar-refractivity contribution >= 4 is 17.2 Å². The number of benzene rings is 2. The summed E-state index contributed by atoms with van der Waals surface area (Å²) < 4.78 is 29.7. The van der Waals surface area contributed by atoms with E-state index < -0.39 is 6.61 Å². The molecule has 0 N–H and O–H groups in total. The van der Waals surface area contributed by atoms with Crippen LogP contribution in [0.25, 0.3) is 10.6 Å². The maximum atomic E-state index is 12.8. The Morgan fingerprint density at radius 2 is 1.73 bits per heavy atom. The van der Waals surface area contributed by atoms with Gasteiger partial charge in [-0.25, -0.2) is 4.98 Å². The second-order valence-corrected chi connectivity index (χ2v) is 7.81. The smallest absolute Gasteiger partial charge is 0.387 e. The van der Waals surface area contributed by atoms with E-state index in [1.165, 1.54) is 12.1 Å². The van der Waals surface area contributed by atoms with E-state index in [1.807, 2.05) is 30.3 Å². The molecule has 0 aliphatic carbocycles. The number of aromatic nitrogens is 1. The molecule has 0 spiro atoms. The summed E-state index contributed by atoms with van der Waals surface area (Å²) in [6, 6.07) is 16.2. The molecule has 0 unspecified atom stereocenters. The third kappa shape index (κ3) is 4.83. The number of rotatable bonds is 6. The summed E-state index contributed by atoms with van der Waals surface area (Å²) in [5.41, 5.74) is 2.28. The Hall–Kier alpha value is -2.84. The fraction of sp³-hybridized carbons (Fsp3) is 0.273. The summed E-state index contributed by atoms with van der Waals surface area (Å²) >= 11 is 1.62. The highest BCUT2D eigenvalue weighted by atomic mass is 32.1. The van der Waals surface area contributed by atoms with Gasteiger partial charge in [-0.15, -0.1) is 11.3 Å². The molecule has 156 valence electrons. The largest absolute Gasteiger partial charge is 0.434 e. The first kappa shape index (κ1) is 20.4. The quantitative estimate of drug-likeness (QED) is 0.584. The lowest BCUT2D eigenvalue weighted by atomic mass is 10.1. The molecule has 1 aromatic heterocycles. The van der Waals surface area contributed by atoms with Crippen molar-refractivity contribution in [2.24, 2.45) is 0 Å². The molecule has 5 nitrogen and oxygen atoms in total. The molecule has 1 saturated heterocycles. The number of amides is 1. The average Bonchev–Trinajstić information content (AvgIpc) is 3.23. The van der Waals surface area contributed by atoms with Gasteiger partial charge in [0, 0.05) is 43.7 Å². The zero-order valence-electron chi connectivity index (χ0n) is 16.2. The second-order valence-electron chi connectivity index (χ2n) is 6.95. The SMILES string of the molecule is O=C(c1ccccc1OC(F)F)N1CCN(Cc2csc(-c3ccccc3)n2)CC1. The normalized spacial score (nSPS) is 14.8. The Bertz CT molecular complexity index is 989. The van der Waals surface area contributed by atoms with Crippen LogP contribution < -0.4 is 4.74 Å². The van der Waals surface area contributed by atoms with Crippen molar-refractivity contribution in [1.82, 2.24) is 14.8 Å². The van der Waals surface area contributed by atoms with Crippen LogP contribution in [-0.2, 0) is 6.54 Å². The van der Waals surface area contributed by atoms with E-state index in [0.29, 0.717) is 26.2 Å². The molecule has 0 radical (unpaired) electrons. The number of thiazole rings is 1. The van der Waals surface area contributed by atoms with E-state index in [1.54, 1.807) is 28.4 Å². The molecule has 2 aromatic carbocycles. The van der Waals surface area contributed by atoms with Gasteiger partial charge >= 0.3 is 6.61 Å². The first-order valence-electron chi connectivity index (χ1n) is 9.65. The summed E-state index contributed by atoms with van der Waals surface area (Å²) in [4.78, 5) is 21.4. The fourth-order valence-corrected chi connectivity index (χ4v) is 4.26. The molecule has 1 fully saturated rings. The van der Waals surface area contributed by atoms with Crippen molar-refractivity contribution in [2.45, 2.75) is 13.2 Å². The minimum Gasteiger partial charge on any atom is -0.434 e. The summed E-state index contributed by atoms with van der Waals surface area (Å²) in [5.74, 6) is -0.373. The molecule has 0 atom stereocenters. The monoisotopic (exact) mass is 429 g/mol. The maximum Gasteiger partial charge on any atom is 0.387 e. The zero-order chi connectivity index (χ0) is 20.9. The highest BCUT2D eigenvalue weighted by Gasteiger charge is 2.25. The van der Waals surface area contributed by atoms with Crippen molar-refractivity contribution < 1.29 is 18.3 Å². The van der Waals surface area contributed by atoms with Gasteiger partial charge in [-0.1, -0.05) is 42.5 Å². The minimum atomic E-state index is -2.96. The summed E-state index contributed by atoms with van der Waals surface area (Å²) in [5, 5.41) is 3.06. The molecule has 8 heteroatoms. The van der Waals surface area contributed by atoms with Gasteiger partial charge in [-0.05, 0) is 12.1 Å². The van der Waals surface area contributed by atoms with Crippen LogP contribution in [0.15, 0.2) is 60.0 Å². The number of piperazine rings is 1. The predicted octanol–water partition coefficient (Wildman–Crippen LogP) is 4.37. The van der Waals surface area contributed by atoms with Crippen LogP contribution in [0.4, 0.5) is 8.78 Å². The van der Waals surface area contributed by atoms with E-state index in [-0.39, 0.29) is 17.2 Å². The molecule has 0 saturated carbocycles. The number of carbonyl (C=O) groups is 1. The minimum absolute atomic E-state index is 0.0872. The lowest BCUT2D eigenvalue weighted by molar-refractivity contribution is -0.0503. The number of hydrogen-bond acceptors (Lipinski definition) is 5. The van der Waals surface area contributed by atoms with Crippen molar-refractivity contribution in [3.63, 3.8) is 0 Å². The van der Waals surface area contributed by atoms with E-state index in [0.717, 1.165) is 22.8 Å². The number of alkyl halides is 2. The molecule has 0 bridgehead atoms. The van der Waals surface area contributed by atoms with Crippen LogP contribution in [0.3, 0.4) is 0 Å². The van der Waals surface area contributed by atoms with Gasteiger partial charge in [0.2, 0.25) is 0 Å². The summed E-state index contributed by atoms with van der Waals surface area (Å²) in [6.07, 6.45) is 0. The Kier molecular flexibility index (Phi) is 6.35. The Morgan fingerprint density at radius 3 is 2.47 bits per heavy atom. The van der Waals surface area contributed by atoms with E-state index >= 15 is 0 Å². The zero-order valence-corrected chi connectivity index (χ0v) is 17.0. The molecule has 1 amide bonds. The van der Waals surface area contributed by atoms with Gasteiger partial charge < -0.3 is 9.64 Å². The molecular weight excluding hydrogens is 408 g/mol. The number of ether oxygens (including phenoxy) is 1. The highest BCUT2D eigenvalue weighted by molar-refractivity contribution is 7.13. The number of carbonyl (C=O) groups excluding carboxylic acids is 1. The Labute approximate surface area is 177 Å². The van der Waals surface area contributed by atoms with Gasteiger partial charge in [-0.3, -0.25) is 9.69 Å². The standard InChI is InChI=1S/C22H21F2N3O2S/c23-22(24)29-19-9-5-4-8-18(19)21(28)27-12-10-26(11-13-27)14-17-15-30-20(25-17)16-6-2-1-3-7-16/h1-9,15,22H,10-14H2. The number of hydrogen-bond donors (Lipinski definition) is 0. The number of nitrogens with zero attached hydrogens (tertiary/aromatic N) is 3. The van der Waals surface area contributed by atoms with Crippen LogP contribution in [0, 0.1) is 0 Å². The first-order chi connectivity index (χ1) is 14.6. The fourth-order valence-electron chi connectivity index (χ4n) is 3.44. The lowest BCUT2D eigenvalue weighted by Gasteiger charge is -2.34. The highest BCUT2D eigenvalue weighted by Crippen LogP contribution is 2.25. The molecule has 2 heterocycles. The maximum absolute atomic E-state index is 12.8. The third-order valence-electron chi connectivity index (χ3n) is 4.95. The lowest BCUT2D eigenvalue weighted by Crippen LogP contribution is -2.48. The molecule has 1 aliphatic rings. The van der Waals surface area contributed by atoms with Crippen LogP contribution in [0.1, 0.15) is 16.1 Å². The molecule has 1 aliphatic heterocycles. The molecule has 3 aromatic rings. The van der Waals surface area contributed by atoms with E-state index in [2.05, 4.69) is 15.0 Å². The Balaban J connectivity index is 1.35. The van der Waals surface area contributed by atoms with Gasteiger partial charge in [0.05, 0.1) is 11.3 Å². The molecular formula is C22H21F2N3O2S. The summed E-state index contributed by atoms with van der Waals surface area (Å²) in [6.45, 7) is 0.199. The van der Waals surface area contributed by atoms with Crippen LogP contribution in [0.2, 0.25) is 0 Å². The molecule has 30 heavy (non-hydrogen) atoms. The van der Waals surface area contributed by atoms with Crippen LogP contribution >= 0.6 is 11.3 Å². The predicted molar refractivity (Wildman–Crippen MR) is 112 cm³/mol. The van der Waals surface area contributed by atoms with Crippen molar-refractivity contribution in [2.75, 3.05) is 26.2 Å². The van der Waals surface area contributed by atoms with E-state index in [4.69, 9.17) is 4.98 Å². The van der Waals surface area contributed by atoms with Gasteiger partial charge in [0.15, 0.2) is 0 Å².